The van der Waals surface area contributed by atoms with Crippen molar-refractivity contribution in [1.29, 1.82) is 0 Å². The minimum atomic E-state index is 0.0134. The lowest BCUT2D eigenvalue weighted by Crippen LogP contribution is -2.15. The predicted octanol–water partition coefficient (Wildman–Crippen LogP) is 9.25. The van der Waals surface area contributed by atoms with E-state index >= 15 is 0 Å². The molecular weight excluding hydrogens is 356 g/mol. The average molecular weight is 411 g/mol. The van der Waals surface area contributed by atoms with Gasteiger partial charge < -0.3 is 4.74 Å². The van der Waals surface area contributed by atoms with Crippen molar-refractivity contribution in [1.82, 2.24) is 0 Å². The molecule has 0 fully saturated rings. The molecule has 0 aliphatic carbocycles. The number of hydrogen-bond acceptors (Lipinski definition) is 2. The maximum atomic E-state index is 12.0. The number of hydrogen-bond donors (Lipinski definition) is 0. The largest absolute Gasteiger partial charge is 0.465 e. The molecule has 0 heterocycles. The number of unbranched alkanes of at least 4 members (excludes halogenated alkanes) is 14. The summed E-state index contributed by atoms with van der Waals surface area (Å²) in [6.45, 7) is 9.45. The summed E-state index contributed by atoms with van der Waals surface area (Å²) in [4.78, 5) is 12.0. The molecule has 2 unspecified atom stereocenters. The first-order valence-electron chi connectivity index (χ1n) is 13.3. The van der Waals surface area contributed by atoms with Gasteiger partial charge in [0.2, 0.25) is 0 Å². The molecule has 0 bridgehead atoms. The van der Waals surface area contributed by atoms with Crippen LogP contribution < -0.4 is 0 Å². The van der Waals surface area contributed by atoms with E-state index in [9.17, 15) is 4.79 Å². The van der Waals surface area contributed by atoms with Crippen LogP contribution in [0.4, 0.5) is 0 Å². The zero-order valence-corrected chi connectivity index (χ0v) is 20.6. The maximum Gasteiger partial charge on any atom is 0.308 e. The van der Waals surface area contributed by atoms with Crippen LogP contribution in [0.5, 0.6) is 0 Å². The van der Waals surface area contributed by atoms with E-state index in [1.165, 1.54) is 103 Å². The molecule has 174 valence electrons. The summed E-state index contributed by atoms with van der Waals surface area (Å²) in [5.74, 6) is 0.855. The Morgan fingerprint density at radius 3 is 1.52 bits per heavy atom. The van der Waals surface area contributed by atoms with Gasteiger partial charge in [0, 0.05) is 0 Å². The molecule has 0 aromatic rings. The Kier molecular flexibility index (Phi) is 21.8. The Hall–Kier alpha value is -0.530. The van der Waals surface area contributed by atoms with Gasteiger partial charge in [0.25, 0.3) is 0 Å². The van der Waals surface area contributed by atoms with Gasteiger partial charge in [0.1, 0.15) is 0 Å². The van der Waals surface area contributed by atoms with Gasteiger partial charge in [0.05, 0.1) is 12.5 Å². The van der Waals surface area contributed by atoms with Crippen LogP contribution in [0, 0.1) is 11.8 Å². The third kappa shape index (κ3) is 20.5. The van der Waals surface area contributed by atoms with Crippen LogP contribution in [-0.4, -0.2) is 12.6 Å². The lowest BCUT2D eigenvalue weighted by atomic mass is 9.97. The fraction of sp³-hybridized carbons (Fsp3) is 0.963. The fourth-order valence-electron chi connectivity index (χ4n) is 3.88. The number of carbonyl (C=O) groups is 1. The highest BCUT2D eigenvalue weighted by atomic mass is 16.5. The van der Waals surface area contributed by atoms with E-state index in [0.29, 0.717) is 6.61 Å². The van der Waals surface area contributed by atoms with Gasteiger partial charge in [0.15, 0.2) is 0 Å². The number of rotatable bonds is 22. The first-order chi connectivity index (χ1) is 14.1. The van der Waals surface area contributed by atoms with Crippen LogP contribution in [-0.2, 0) is 9.53 Å². The lowest BCUT2D eigenvalue weighted by Gasteiger charge is -2.13. The Bertz CT molecular complexity index is 339. The maximum absolute atomic E-state index is 12.0. The molecular formula is C27H54O2. The fourth-order valence-corrected chi connectivity index (χ4v) is 3.88. The highest BCUT2D eigenvalue weighted by molar-refractivity contribution is 5.71. The van der Waals surface area contributed by atoms with E-state index in [2.05, 4.69) is 20.8 Å². The molecule has 0 amide bonds. The van der Waals surface area contributed by atoms with E-state index in [-0.39, 0.29) is 11.9 Å². The molecule has 0 N–H and O–H groups in total. The molecule has 0 aromatic carbocycles. The Morgan fingerprint density at radius 1 is 0.621 bits per heavy atom. The van der Waals surface area contributed by atoms with Crippen LogP contribution in [0.25, 0.3) is 0 Å². The molecule has 0 saturated carbocycles. The smallest absolute Gasteiger partial charge is 0.308 e. The zero-order valence-electron chi connectivity index (χ0n) is 20.6. The quantitative estimate of drug-likeness (QED) is 0.131. The standard InChI is InChI=1S/C27H54O2/c1-5-7-8-9-10-11-12-13-14-15-16-17-18-19-20-24-29-27(28)26(4)23-21-22-25(3)6-2/h25-26H,5-24H2,1-4H3. The minimum absolute atomic E-state index is 0.0134. The van der Waals surface area contributed by atoms with Gasteiger partial charge in [-0.3, -0.25) is 4.79 Å². The van der Waals surface area contributed by atoms with E-state index in [0.717, 1.165) is 25.2 Å². The molecule has 0 radical (unpaired) electrons. The Labute approximate surface area is 184 Å². The molecule has 2 heteroatoms. The molecule has 0 aliphatic heterocycles. The lowest BCUT2D eigenvalue weighted by molar-refractivity contribution is -0.148. The Balaban J connectivity index is 3.27. The monoisotopic (exact) mass is 410 g/mol. The summed E-state index contributed by atoms with van der Waals surface area (Å²) in [6, 6.07) is 0. The van der Waals surface area contributed by atoms with Gasteiger partial charge in [-0.1, -0.05) is 137 Å². The second kappa shape index (κ2) is 22.2. The summed E-state index contributed by atoms with van der Waals surface area (Å²) in [6.07, 6.45) is 25.1. The summed E-state index contributed by atoms with van der Waals surface area (Å²) in [7, 11) is 0. The molecule has 29 heavy (non-hydrogen) atoms. The molecule has 0 aromatic heterocycles. The second-order valence-corrected chi connectivity index (χ2v) is 9.46. The molecule has 0 rings (SSSR count). The van der Waals surface area contributed by atoms with Crippen molar-refractivity contribution >= 4 is 5.97 Å². The van der Waals surface area contributed by atoms with Crippen molar-refractivity contribution in [2.75, 3.05) is 6.61 Å². The molecule has 0 saturated heterocycles. The average Bonchev–Trinajstić information content (AvgIpc) is 2.72. The van der Waals surface area contributed by atoms with Crippen LogP contribution in [0.1, 0.15) is 150 Å². The van der Waals surface area contributed by atoms with Gasteiger partial charge >= 0.3 is 5.97 Å². The highest BCUT2D eigenvalue weighted by Gasteiger charge is 2.14. The third-order valence-corrected chi connectivity index (χ3v) is 6.43. The van der Waals surface area contributed by atoms with Crippen LogP contribution in [0.15, 0.2) is 0 Å². The number of esters is 1. The Morgan fingerprint density at radius 2 is 1.07 bits per heavy atom. The topological polar surface area (TPSA) is 26.3 Å². The van der Waals surface area contributed by atoms with Gasteiger partial charge in [-0.2, -0.15) is 0 Å². The van der Waals surface area contributed by atoms with Crippen LogP contribution in [0.3, 0.4) is 0 Å². The van der Waals surface area contributed by atoms with Crippen molar-refractivity contribution < 1.29 is 9.53 Å². The first kappa shape index (κ1) is 28.5. The first-order valence-corrected chi connectivity index (χ1v) is 13.3. The summed E-state index contributed by atoms with van der Waals surface area (Å²) in [5, 5.41) is 0. The molecule has 2 atom stereocenters. The molecule has 0 spiro atoms. The summed E-state index contributed by atoms with van der Waals surface area (Å²) < 4.78 is 5.46. The van der Waals surface area contributed by atoms with Crippen molar-refractivity contribution in [3.8, 4) is 0 Å². The predicted molar refractivity (Wildman–Crippen MR) is 128 cm³/mol. The normalized spacial score (nSPS) is 13.4. The minimum Gasteiger partial charge on any atom is -0.465 e. The van der Waals surface area contributed by atoms with E-state index in [1.807, 2.05) is 6.92 Å². The van der Waals surface area contributed by atoms with Crippen molar-refractivity contribution in [3.05, 3.63) is 0 Å². The van der Waals surface area contributed by atoms with Gasteiger partial charge in [-0.05, 0) is 18.8 Å². The molecule has 0 aliphatic rings. The SMILES string of the molecule is CCCCCCCCCCCCCCCCCOC(=O)C(C)CCCC(C)CC. The van der Waals surface area contributed by atoms with Crippen molar-refractivity contribution in [3.63, 3.8) is 0 Å². The number of carbonyl (C=O) groups excluding carboxylic acids is 1. The van der Waals surface area contributed by atoms with E-state index < -0.39 is 0 Å². The van der Waals surface area contributed by atoms with Crippen molar-refractivity contribution in [2.24, 2.45) is 11.8 Å². The van der Waals surface area contributed by atoms with Crippen LogP contribution >= 0.6 is 0 Å². The third-order valence-electron chi connectivity index (χ3n) is 6.43. The summed E-state index contributed by atoms with van der Waals surface area (Å²) in [5.41, 5.74) is 0. The number of ether oxygens (including phenoxy) is 1. The highest BCUT2D eigenvalue weighted by Crippen LogP contribution is 2.16. The molecule has 2 nitrogen and oxygen atoms in total. The van der Waals surface area contributed by atoms with Gasteiger partial charge in [-0.15, -0.1) is 0 Å². The van der Waals surface area contributed by atoms with E-state index in [1.54, 1.807) is 0 Å². The zero-order chi connectivity index (χ0) is 21.6. The summed E-state index contributed by atoms with van der Waals surface area (Å²) >= 11 is 0. The second-order valence-electron chi connectivity index (χ2n) is 9.46. The van der Waals surface area contributed by atoms with Crippen molar-refractivity contribution in [2.45, 2.75) is 150 Å². The van der Waals surface area contributed by atoms with Gasteiger partial charge in [-0.25, -0.2) is 0 Å². The van der Waals surface area contributed by atoms with Crippen LogP contribution in [0.2, 0.25) is 0 Å². The van der Waals surface area contributed by atoms with E-state index in [4.69, 9.17) is 4.74 Å².